The molecule has 0 aromatic carbocycles. The molecular weight excluding hydrogens is 316 g/mol. The Morgan fingerprint density at radius 2 is 1.72 bits per heavy atom. The first-order valence-corrected chi connectivity index (χ1v) is 10.3. The number of nitrogens with zero attached hydrogens (tertiary/aromatic N) is 3. The number of amides is 1. The summed E-state index contributed by atoms with van der Waals surface area (Å²) in [5.41, 5.74) is 0.363. The fourth-order valence-electron chi connectivity index (χ4n) is 5.34. The fraction of sp³-hybridized carbons (Fsp3) is 0.947. The highest BCUT2D eigenvalue weighted by Crippen LogP contribution is 2.59. The van der Waals surface area contributed by atoms with Crippen LogP contribution >= 0.6 is 0 Å². The highest BCUT2D eigenvalue weighted by molar-refractivity contribution is 5.82. The third-order valence-electron chi connectivity index (χ3n) is 7.20. The van der Waals surface area contributed by atoms with E-state index < -0.39 is 0 Å². The molecule has 0 aromatic heterocycles. The molecule has 1 unspecified atom stereocenters. The Bertz CT molecular complexity index is 464. The maximum absolute atomic E-state index is 12.9. The van der Waals surface area contributed by atoms with Crippen molar-refractivity contribution in [2.24, 2.45) is 11.3 Å². The molecule has 6 nitrogen and oxygen atoms in total. The molecule has 0 radical (unpaired) electrons. The van der Waals surface area contributed by atoms with Crippen molar-refractivity contribution in [3.8, 4) is 0 Å². The van der Waals surface area contributed by atoms with Crippen molar-refractivity contribution in [2.75, 3.05) is 65.5 Å². The van der Waals surface area contributed by atoms with Crippen molar-refractivity contribution in [1.29, 1.82) is 0 Å². The first-order chi connectivity index (χ1) is 12.2. The lowest BCUT2D eigenvalue weighted by atomic mass is 9.91. The number of carbonyl (C=O) groups excluding carboxylic acids is 1. The van der Waals surface area contributed by atoms with Gasteiger partial charge in [-0.1, -0.05) is 0 Å². The van der Waals surface area contributed by atoms with Crippen LogP contribution in [0, 0.1) is 11.3 Å². The summed E-state index contributed by atoms with van der Waals surface area (Å²) in [5.74, 6) is 0.779. The lowest BCUT2D eigenvalue weighted by Crippen LogP contribution is -2.54. The van der Waals surface area contributed by atoms with Crippen molar-refractivity contribution in [1.82, 2.24) is 20.0 Å². The Morgan fingerprint density at radius 3 is 2.36 bits per heavy atom. The van der Waals surface area contributed by atoms with Crippen molar-refractivity contribution in [3.63, 3.8) is 0 Å². The van der Waals surface area contributed by atoms with Crippen LogP contribution in [0.2, 0.25) is 0 Å². The number of piperidine rings is 2. The first kappa shape index (κ1) is 17.7. The zero-order chi connectivity index (χ0) is 17.3. The van der Waals surface area contributed by atoms with Crippen LogP contribution in [0.25, 0.3) is 0 Å². The number of piperazine rings is 1. The van der Waals surface area contributed by atoms with Gasteiger partial charge >= 0.3 is 0 Å². The van der Waals surface area contributed by atoms with Crippen LogP contribution < -0.4 is 5.32 Å². The maximum Gasteiger partial charge on any atom is 0.226 e. The molecule has 4 rings (SSSR count). The lowest BCUT2D eigenvalue weighted by Gasteiger charge is -2.43. The van der Waals surface area contributed by atoms with Crippen LogP contribution in [-0.2, 0) is 4.79 Å². The van der Waals surface area contributed by atoms with Crippen molar-refractivity contribution >= 4 is 5.91 Å². The zero-order valence-electron chi connectivity index (χ0n) is 15.5. The number of rotatable bonds is 4. The van der Waals surface area contributed by atoms with Gasteiger partial charge in [-0.25, -0.2) is 0 Å². The Hall–Kier alpha value is -0.690. The number of aliphatic hydroxyl groups is 1. The van der Waals surface area contributed by atoms with Gasteiger partial charge in [0.05, 0.1) is 6.61 Å². The summed E-state index contributed by atoms with van der Waals surface area (Å²) in [4.78, 5) is 20.0. The van der Waals surface area contributed by atoms with Gasteiger partial charge in [-0.2, -0.15) is 0 Å². The molecule has 1 amide bonds. The van der Waals surface area contributed by atoms with Gasteiger partial charge in [0.2, 0.25) is 5.91 Å². The van der Waals surface area contributed by atoms with Gasteiger partial charge < -0.3 is 15.3 Å². The minimum Gasteiger partial charge on any atom is -0.395 e. The second-order valence-electron chi connectivity index (χ2n) is 8.53. The average Bonchev–Trinajstić information content (AvgIpc) is 3.35. The summed E-state index contributed by atoms with van der Waals surface area (Å²) in [6, 6.07) is 0.646. The van der Waals surface area contributed by atoms with E-state index in [1.807, 2.05) is 0 Å². The van der Waals surface area contributed by atoms with E-state index in [-0.39, 0.29) is 6.61 Å². The number of hydrogen-bond donors (Lipinski definition) is 2. The van der Waals surface area contributed by atoms with E-state index in [0.29, 0.717) is 23.3 Å². The second kappa shape index (κ2) is 7.51. The van der Waals surface area contributed by atoms with Gasteiger partial charge in [-0.15, -0.1) is 0 Å². The molecule has 0 bridgehead atoms. The Morgan fingerprint density at radius 1 is 1.04 bits per heavy atom. The van der Waals surface area contributed by atoms with Crippen molar-refractivity contribution in [2.45, 2.75) is 38.1 Å². The normalized spacial score (nSPS) is 31.4. The predicted octanol–water partition coefficient (Wildman–Crippen LogP) is -0.0230. The number of nitrogens with one attached hydrogen (secondary N) is 1. The molecule has 4 fully saturated rings. The molecule has 3 heterocycles. The van der Waals surface area contributed by atoms with Crippen LogP contribution in [0.3, 0.4) is 0 Å². The molecule has 1 atom stereocenters. The Balaban J connectivity index is 1.22. The molecule has 3 aliphatic heterocycles. The van der Waals surface area contributed by atoms with Crippen LogP contribution in [0.4, 0.5) is 0 Å². The summed E-state index contributed by atoms with van der Waals surface area (Å²) < 4.78 is 0. The highest BCUT2D eigenvalue weighted by Gasteiger charge is 2.58. The smallest absolute Gasteiger partial charge is 0.226 e. The van der Waals surface area contributed by atoms with Crippen LogP contribution in [0.5, 0.6) is 0 Å². The van der Waals surface area contributed by atoms with E-state index in [9.17, 15) is 4.79 Å². The SMILES string of the molecule is O=C(C1CC12CCNCC2)N1CCC(N2CCN(CCO)CC2)CC1. The number of β-amino-alcohol motifs (C(OH)–C–C–N with tert-alkyl or cyclic N) is 1. The zero-order valence-corrected chi connectivity index (χ0v) is 15.5. The Kier molecular flexibility index (Phi) is 5.32. The lowest BCUT2D eigenvalue weighted by molar-refractivity contribution is -0.135. The number of likely N-dealkylation sites (tertiary alicyclic amines) is 1. The van der Waals surface area contributed by atoms with Gasteiger partial charge in [0.15, 0.2) is 0 Å². The standard InChI is InChI=1S/C19H34N4O2/c24-14-13-21-9-11-22(12-10-21)16-1-7-23(8-2-16)18(25)17-15-19(17)3-5-20-6-4-19/h16-17,20,24H,1-15H2. The molecule has 0 aromatic rings. The van der Waals surface area contributed by atoms with Gasteiger partial charge in [0.25, 0.3) is 0 Å². The second-order valence-corrected chi connectivity index (χ2v) is 8.53. The van der Waals surface area contributed by atoms with E-state index in [4.69, 9.17) is 5.11 Å². The van der Waals surface area contributed by atoms with E-state index in [0.717, 1.165) is 78.2 Å². The number of hydrogen-bond acceptors (Lipinski definition) is 5. The van der Waals surface area contributed by atoms with E-state index >= 15 is 0 Å². The summed E-state index contributed by atoms with van der Waals surface area (Å²) in [5, 5.41) is 12.5. The van der Waals surface area contributed by atoms with Crippen LogP contribution in [-0.4, -0.2) is 97.3 Å². The van der Waals surface area contributed by atoms with Gasteiger partial charge in [0.1, 0.15) is 0 Å². The maximum atomic E-state index is 12.9. The van der Waals surface area contributed by atoms with Gasteiger partial charge in [0, 0.05) is 57.8 Å². The molecule has 6 heteroatoms. The van der Waals surface area contributed by atoms with E-state index in [1.54, 1.807) is 0 Å². The Labute approximate surface area is 151 Å². The van der Waals surface area contributed by atoms with Gasteiger partial charge in [-0.05, 0) is 50.6 Å². The monoisotopic (exact) mass is 350 g/mol. The number of aliphatic hydroxyl groups excluding tert-OH is 1. The predicted molar refractivity (Wildman–Crippen MR) is 97.3 cm³/mol. The molecule has 1 aliphatic carbocycles. The number of carbonyl (C=O) groups is 1. The van der Waals surface area contributed by atoms with Crippen molar-refractivity contribution in [3.05, 3.63) is 0 Å². The summed E-state index contributed by atoms with van der Waals surface area (Å²) >= 11 is 0. The van der Waals surface area contributed by atoms with E-state index in [1.165, 1.54) is 12.8 Å². The average molecular weight is 351 g/mol. The molecular formula is C19H34N4O2. The summed E-state index contributed by atoms with van der Waals surface area (Å²) in [6.45, 7) is 9.50. The summed E-state index contributed by atoms with van der Waals surface area (Å²) in [7, 11) is 0. The molecule has 1 spiro atoms. The molecule has 4 aliphatic rings. The largest absolute Gasteiger partial charge is 0.395 e. The minimum absolute atomic E-state index is 0.263. The molecule has 3 saturated heterocycles. The topological polar surface area (TPSA) is 59.1 Å². The molecule has 25 heavy (non-hydrogen) atoms. The first-order valence-electron chi connectivity index (χ1n) is 10.3. The van der Waals surface area contributed by atoms with Crippen molar-refractivity contribution < 1.29 is 9.90 Å². The van der Waals surface area contributed by atoms with Crippen LogP contribution in [0.15, 0.2) is 0 Å². The summed E-state index contributed by atoms with van der Waals surface area (Å²) in [6.07, 6.45) is 5.79. The third-order valence-corrected chi connectivity index (χ3v) is 7.20. The molecule has 1 saturated carbocycles. The third kappa shape index (κ3) is 3.72. The van der Waals surface area contributed by atoms with Gasteiger partial charge in [-0.3, -0.25) is 14.6 Å². The van der Waals surface area contributed by atoms with Crippen LogP contribution in [0.1, 0.15) is 32.1 Å². The fourth-order valence-corrected chi connectivity index (χ4v) is 5.34. The van der Waals surface area contributed by atoms with E-state index in [2.05, 4.69) is 20.0 Å². The molecule has 2 N–H and O–H groups in total. The molecule has 142 valence electrons. The quantitative estimate of drug-likeness (QED) is 0.746. The minimum atomic E-state index is 0.263. The highest BCUT2D eigenvalue weighted by atomic mass is 16.3.